The maximum atomic E-state index is 12.4. The van der Waals surface area contributed by atoms with Crippen LogP contribution >= 0.6 is 0 Å². The van der Waals surface area contributed by atoms with Crippen LogP contribution in [0.1, 0.15) is 37.3 Å². The van der Waals surface area contributed by atoms with Gasteiger partial charge in [-0.3, -0.25) is 14.4 Å². The van der Waals surface area contributed by atoms with Crippen LogP contribution in [-0.4, -0.2) is 41.8 Å². The number of rotatable bonds is 6. The molecular formula is C19H27N3O3. The summed E-state index contributed by atoms with van der Waals surface area (Å²) in [6.45, 7) is 4.28. The van der Waals surface area contributed by atoms with Crippen LogP contribution in [0.2, 0.25) is 0 Å². The summed E-state index contributed by atoms with van der Waals surface area (Å²) in [6.07, 6.45) is 2.45. The molecule has 1 aromatic carbocycles. The molecule has 136 valence electrons. The van der Waals surface area contributed by atoms with Crippen LogP contribution in [-0.2, 0) is 20.8 Å². The average molecular weight is 345 g/mol. The summed E-state index contributed by atoms with van der Waals surface area (Å²) in [5.41, 5.74) is 7.64. The molecule has 0 bridgehead atoms. The maximum absolute atomic E-state index is 12.4. The highest BCUT2D eigenvalue weighted by molar-refractivity contribution is 5.85. The number of nitrogens with one attached hydrogen (secondary N) is 1. The third-order valence-corrected chi connectivity index (χ3v) is 4.80. The number of nitrogens with two attached hydrogens (primary N) is 1. The zero-order chi connectivity index (χ0) is 18.4. The van der Waals surface area contributed by atoms with E-state index < -0.39 is 0 Å². The van der Waals surface area contributed by atoms with Gasteiger partial charge in [0.25, 0.3) is 0 Å². The van der Waals surface area contributed by atoms with Crippen LogP contribution in [0, 0.1) is 12.8 Å². The summed E-state index contributed by atoms with van der Waals surface area (Å²) in [4.78, 5) is 37.3. The van der Waals surface area contributed by atoms with E-state index in [1.54, 1.807) is 4.90 Å². The lowest BCUT2D eigenvalue weighted by Crippen LogP contribution is -2.51. The van der Waals surface area contributed by atoms with Crippen molar-refractivity contribution in [1.29, 1.82) is 0 Å². The van der Waals surface area contributed by atoms with Gasteiger partial charge in [-0.25, -0.2) is 0 Å². The Balaban J connectivity index is 1.77. The van der Waals surface area contributed by atoms with Crippen molar-refractivity contribution in [3.63, 3.8) is 0 Å². The van der Waals surface area contributed by atoms with Gasteiger partial charge in [-0.2, -0.15) is 0 Å². The molecule has 6 nitrogen and oxygen atoms in total. The quantitative estimate of drug-likeness (QED) is 0.810. The number of piperidine rings is 1. The van der Waals surface area contributed by atoms with Crippen LogP contribution in [0.3, 0.4) is 0 Å². The standard InChI is InChI=1S/C19H27N3O3/c1-13-3-6-15(7-4-13)8-10-17(23)21-11-18(24)22-12-16(19(20)25)9-5-14(22)2/h3-4,6-7,14,16H,5,8-12H2,1-2H3,(H2,20,25)(H,21,23). The van der Waals surface area contributed by atoms with E-state index in [1.807, 2.05) is 38.1 Å². The summed E-state index contributed by atoms with van der Waals surface area (Å²) < 4.78 is 0. The average Bonchev–Trinajstić information content (AvgIpc) is 2.59. The highest BCUT2D eigenvalue weighted by Gasteiger charge is 2.31. The fourth-order valence-electron chi connectivity index (χ4n) is 3.06. The van der Waals surface area contributed by atoms with Crippen molar-refractivity contribution < 1.29 is 14.4 Å². The SMILES string of the molecule is Cc1ccc(CCC(=O)NCC(=O)N2CC(C(N)=O)CCC2C)cc1. The number of carbonyl (C=O) groups is 3. The van der Waals surface area contributed by atoms with Crippen molar-refractivity contribution in [3.8, 4) is 0 Å². The van der Waals surface area contributed by atoms with E-state index in [-0.39, 0.29) is 36.2 Å². The van der Waals surface area contributed by atoms with Crippen LogP contribution in [0.5, 0.6) is 0 Å². The first-order valence-electron chi connectivity index (χ1n) is 8.78. The first-order chi connectivity index (χ1) is 11.9. The smallest absolute Gasteiger partial charge is 0.242 e. The first-order valence-corrected chi connectivity index (χ1v) is 8.78. The van der Waals surface area contributed by atoms with Gasteiger partial charge in [0.2, 0.25) is 17.7 Å². The Kier molecular flexibility index (Phi) is 6.56. The van der Waals surface area contributed by atoms with E-state index in [1.165, 1.54) is 5.56 Å². The molecule has 1 aliphatic rings. The Morgan fingerprint density at radius 1 is 1.20 bits per heavy atom. The molecule has 2 atom stereocenters. The number of hydrogen-bond donors (Lipinski definition) is 2. The van der Waals surface area contributed by atoms with Crippen LogP contribution in [0.4, 0.5) is 0 Å². The number of carbonyl (C=O) groups excluding carboxylic acids is 3. The lowest BCUT2D eigenvalue weighted by molar-refractivity contribution is -0.138. The molecule has 6 heteroatoms. The van der Waals surface area contributed by atoms with E-state index in [9.17, 15) is 14.4 Å². The topological polar surface area (TPSA) is 92.5 Å². The highest BCUT2D eigenvalue weighted by atomic mass is 16.2. The largest absolute Gasteiger partial charge is 0.369 e. The Labute approximate surface area is 148 Å². The molecule has 25 heavy (non-hydrogen) atoms. The molecule has 0 spiro atoms. The van der Waals surface area contributed by atoms with Crippen LogP contribution in [0.15, 0.2) is 24.3 Å². The van der Waals surface area contributed by atoms with Gasteiger partial charge in [0, 0.05) is 19.0 Å². The molecule has 0 aliphatic carbocycles. The minimum absolute atomic E-state index is 0.0391. The molecule has 1 aromatic rings. The lowest BCUT2D eigenvalue weighted by atomic mass is 9.93. The van der Waals surface area contributed by atoms with Gasteiger partial charge in [0.1, 0.15) is 0 Å². The monoisotopic (exact) mass is 345 g/mol. The summed E-state index contributed by atoms with van der Waals surface area (Å²) in [5.74, 6) is -0.976. The van der Waals surface area contributed by atoms with Gasteiger partial charge >= 0.3 is 0 Å². The molecule has 1 saturated heterocycles. The Bertz CT molecular complexity index is 627. The predicted octanol–water partition coefficient (Wildman–Crippen LogP) is 1.16. The third-order valence-electron chi connectivity index (χ3n) is 4.80. The number of hydrogen-bond acceptors (Lipinski definition) is 3. The number of nitrogens with zero attached hydrogens (tertiary/aromatic N) is 1. The first kappa shape index (κ1) is 19.0. The van der Waals surface area contributed by atoms with E-state index in [0.717, 1.165) is 12.0 Å². The van der Waals surface area contributed by atoms with Crippen molar-refractivity contribution in [3.05, 3.63) is 35.4 Å². The van der Waals surface area contributed by atoms with Crippen molar-refractivity contribution in [2.24, 2.45) is 11.7 Å². The second-order valence-corrected chi connectivity index (χ2v) is 6.83. The molecule has 2 rings (SSSR count). The molecule has 2 unspecified atom stereocenters. The molecule has 3 amide bonds. The van der Waals surface area contributed by atoms with Gasteiger partial charge in [0.05, 0.1) is 12.5 Å². The van der Waals surface area contributed by atoms with E-state index in [4.69, 9.17) is 5.73 Å². The second-order valence-electron chi connectivity index (χ2n) is 6.83. The zero-order valence-electron chi connectivity index (χ0n) is 15.0. The van der Waals surface area contributed by atoms with Gasteiger partial charge < -0.3 is 16.0 Å². The minimum atomic E-state index is -0.369. The number of amides is 3. The molecule has 0 aromatic heterocycles. The Morgan fingerprint density at radius 3 is 2.52 bits per heavy atom. The van der Waals surface area contributed by atoms with Gasteiger partial charge in [-0.05, 0) is 38.7 Å². The second kappa shape index (κ2) is 8.65. The van der Waals surface area contributed by atoms with Gasteiger partial charge in [-0.15, -0.1) is 0 Å². The molecular weight excluding hydrogens is 318 g/mol. The van der Waals surface area contributed by atoms with Crippen LogP contribution in [0.25, 0.3) is 0 Å². The number of benzene rings is 1. The van der Waals surface area contributed by atoms with Crippen LogP contribution < -0.4 is 11.1 Å². The zero-order valence-corrected chi connectivity index (χ0v) is 15.0. The summed E-state index contributed by atoms with van der Waals surface area (Å²) in [7, 11) is 0. The highest BCUT2D eigenvalue weighted by Crippen LogP contribution is 2.21. The number of aryl methyl sites for hydroxylation is 2. The molecule has 3 N–H and O–H groups in total. The molecule has 1 heterocycles. The normalized spacial score (nSPS) is 20.2. The van der Waals surface area contributed by atoms with E-state index in [0.29, 0.717) is 25.8 Å². The van der Waals surface area contributed by atoms with E-state index >= 15 is 0 Å². The molecule has 0 saturated carbocycles. The molecule has 1 fully saturated rings. The third kappa shape index (κ3) is 5.59. The summed E-state index contributed by atoms with van der Waals surface area (Å²) in [6, 6.07) is 8.11. The minimum Gasteiger partial charge on any atom is -0.369 e. The number of primary amides is 1. The van der Waals surface area contributed by atoms with Gasteiger partial charge in [0.15, 0.2) is 0 Å². The summed E-state index contributed by atoms with van der Waals surface area (Å²) in [5, 5.41) is 2.68. The van der Waals surface area contributed by atoms with E-state index in [2.05, 4.69) is 5.32 Å². The van der Waals surface area contributed by atoms with Crippen molar-refractivity contribution >= 4 is 17.7 Å². The van der Waals surface area contributed by atoms with Crippen molar-refractivity contribution in [2.45, 2.75) is 45.6 Å². The number of likely N-dealkylation sites (tertiary alicyclic amines) is 1. The fourth-order valence-corrected chi connectivity index (χ4v) is 3.06. The Morgan fingerprint density at radius 2 is 1.88 bits per heavy atom. The van der Waals surface area contributed by atoms with Crippen molar-refractivity contribution in [2.75, 3.05) is 13.1 Å². The Hall–Kier alpha value is -2.37. The lowest BCUT2D eigenvalue weighted by Gasteiger charge is -2.37. The molecule has 0 radical (unpaired) electrons. The van der Waals surface area contributed by atoms with Crippen molar-refractivity contribution in [1.82, 2.24) is 10.2 Å². The summed E-state index contributed by atoms with van der Waals surface area (Å²) >= 11 is 0. The fraction of sp³-hybridized carbons (Fsp3) is 0.526. The van der Waals surface area contributed by atoms with Gasteiger partial charge in [-0.1, -0.05) is 29.8 Å². The maximum Gasteiger partial charge on any atom is 0.242 e. The molecule has 1 aliphatic heterocycles. The predicted molar refractivity (Wildman–Crippen MR) is 95.6 cm³/mol.